The van der Waals surface area contributed by atoms with E-state index in [2.05, 4.69) is 4.98 Å². The summed E-state index contributed by atoms with van der Waals surface area (Å²) in [6, 6.07) is 1.35. The molecule has 0 aliphatic carbocycles. The van der Waals surface area contributed by atoms with E-state index in [4.69, 9.17) is 4.11 Å². The molecule has 1 heterocycles. The van der Waals surface area contributed by atoms with Gasteiger partial charge < -0.3 is 0 Å². The second-order valence-corrected chi connectivity index (χ2v) is 0.820. The smallest absolute Gasteiger partial charge is 0.0840 e. The van der Waals surface area contributed by atoms with Gasteiger partial charge in [0.05, 0.1) is 4.11 Å². The molecule has 0 fully saturated rings. The van der Waals surface area contributed by atoms with Gasteiger partial charge >= 0.3 is 0 Å². The third kappa shape index (κ3) is 0.549. The van der Waals surface area contributed by atoms with Gasteiger partial charge in [0.15, 0.2) is 0 Å². The van der Waals surface area contributed by atoms with Crippen molar-refractivity contribution >= 4 is 0 Å². The van der Waals surface area contributed by atoms with Crippen LogP contribution in [0.1, 0.15) is 4.11 Å². The fraction of sp³-hybridized carbons (Fsp3) is 0. The highest BCUT2D eigenvalue weighted by Crippen LogP contribution is 1.73. The van der Waals surface area contributed by atoms with Crippen molar-refractivity contribution < 1.29 is 4.11 Å². The van der Waals surface area contributed by atoms with E-state index in [1.54, 1.807) is 0 Å². The lowest BCUT2D eigenvalue weighted by molar-refractivity contribution is 1.33. The lowest BCUT2D eigenvalue weighted by Crippen LogP contribution is -1.58. The highest BCUT2D eigenvalue weighted by molar-refractivity contribution is 4.88. The van der Waals surface area contributed by atoms with E-state index in [1.165, 1.54) is 12.3 Å². The SMILES string of the molecule is [2H]c1cc([2H])c([2H])cn1. The molecule has 1 nitrogen and oxygen atoms in total. The molecule has 1 aromatic heterocycles. The van der Waals surface area contributed by atoms with E-state index >= 15 is 0 Å². The molecule has 0 aliphatic heterocycles. The maximum absolute atomic E-state index is 7.01. The van der Waals surface area contributed by atoms with E-state index in [-0.39, 0.29) is 18.3 Å². The van der Waals surface area contributed by atoms with Crippen LogP contribution in [0.3, 0.4) is 0 Å². The monoisotopic (exact) mass is 82.1 g/mol. The van der Waals surface area contributed by atoms with E-state index < -0.39 is 0 Å². The van der Waals surface area contributed by atoms with Gasteiger partial charge in [-0.2, -0.15) is 0 Å². The van der Waals surface area contributed by atoms with Gasteiger partial charge in [-0.25, -0.2) is 0 Å². The van der Waals surface area contributed by atoms with Crippen molar-refractivity contribution in [3.8, 4) is 0 Å². The molecule has 0 radical (unpaired) electrons. The molecule has 0 saturated carbocycles. The van der Waals surface area contributed by atoms with Gasteiger partial charge in [-0.15, -0.1) is 0 Å². The first kappa shape index (κ1) is 1.34. The molecule has 0 atom stereocenters. The number of nitrogens with zero attached hydrogens (tertiary/aromatic N) is 1. The second kappa shape index (κ2) is 1.55. The maximum Gasteiger partial charge on any atom is 0.0840 e. The highest BCUT2D eigenvalue weighted by atomic mass is 14.6. The molecule has 0 unspecified atom stereocenters. The van der Waals surface area contributed by atoms with E-state index in [0.717, 1.165) is 0 Å². The number of pyridine rings is 1. The van der Waals surface area contributed by atoms with Gasteiger partial charge in [-0.3, -0.25) is 4.98 Å². The van der Waals surface area contributed by atoms with Crippen LogP contribution in [0.25, 0.3) is 0 Å². The number of aromatic nitrogens is 1. The zero-order valence-corrected chi connectivity index (χ0v) is 3.10. The minimum Gasteiger partial charge on any atom is -0.265 e. The molecule has 0 saturated heterocycles. The van der Waals surface area contributed by atoms with Crippen LogP contribution in [0.4, 0.5) is 0 Å². The van der Waals surface area contributed by atoms with E-state index in [0.29, 0.717) is 0 Å². The van der Waals surface area contributed by atoms with Gasteiger partial charge in [-0.1, -0.05) is 6.04 Å². The summed E-state index contributed by atoms with van der Waals surface area (Å²) in [5.41, 5.74) is 0. The standard InChI is InChI=1S/C5H5N/c1-2-4-6-5-3-1/h1-5H/i1D,2D,5D. The maximum atomic E-state index is 7.01. The number of rotatable bonds is 0. The lowest BCUT2D eigenvalue weighted by Gasteiger charge is -1.70. The quantitative estimate of drug-likeness (QED) is 0.456. The Morgan fingerprint density at radius 3 is 3.17 bits per heavy atom. The van der Waals surface area contributed by atoms with Crippen LogP contribution in [0.15, 0.2) is 30.5 Å². The van der Waals surface area contributed by atoms with Gasteiger partial charge in [-0.05, 0) is 12.1 Å². The van der Waals surface area contributed by atoms with Gasteiger partial charge in [0.2, 0.25) is 0 Å². The Hall–Kier alpha value is -0.850. The van der Waals surface area contributed by atoms with Crippen molar-refractivity contribution in [1.29, 1.82) is 0 Å². The Labute approximate surface area is 40.9 Å². The summed E-state index contributed by atoms with van der Waals surface area (Å²) in [5.74, 6) is 0. The average molecular weight is 82.1 g/mol. The van der Waals surface area contributed by atoms with Crippen molar-refractivity contribution in [2.24, 2.45) is 0 Å². The molecular formula is C5H5N. The third-order valence-electron chi connectivity index (χ3n) is 0.424. The molecule has 30 valence electrons. The summed E-state index contributed by atoms with van der Waals surface area (Å²) in [5, 5.41) is 0. The van der Waals surface area contributed by atoms with Crippen LogP contribution in [0.5, 0.6) is 0 Å². The van der Waals surface area contributed by atoms with Crippen LogP contribution in [-0.4, -0.2) is 4.98 Å². The molecular weight excluding hydrogens is 74.1 g/mol. The third-order valence-corrected chi connectivity index (χ3v) is 0.424. The Kier molecular flexibility index (Phi) is 0.346. The molecule has 0 aliphatic rings. The van der Waals surface area contributed by atoms with Crippen LogP contribution >= 0.6 is 0 Å². The second-order valence-electron chi connectivity index (χ2n) is 0.820. The Balaban J connectivity index is 3.17. The lowest BCUT2D eigenvalue weighted by atomic mass is 10.5. The largest absolute Gasteiger partial charge is 0.265 e. The average Bonchev–Trinajstić information content (AvgIpc) is 1.80. The summed E-state index contributed by atoms with van der Waals surface area (Å²) in [4.78, 5) is 3.50. The molecule has 0 N–H and O–H groups in total. The van der Waals surface area contributed by atoms with E-state index in [9.17, 15) is 0 Å². The molecule has 0 bridgehead atoms. The van der Waals surface area contributed by atoms with Crippen molar-refractivity contribution in [2.75, 3.05) is 0 Å². The Bertz CT molecular complexity index is 223. The molecule has 1 heteroatoms. The van der Waals surface area contributed by atoms with Crippen LogP contribution in [0.2, 0.25) is 0 Å². The normalized spacial score (nSPS) is 15.0. The van der Waals surface area contributed by atoms with Crippen molar-refractivity contribution in [2.45, 2.75) is 0 Å². The van der Waals surface area contributed by atoms with E-state index in [1.807, 2.05) is 0 Å². The van der Waals surface area contributed by atoms with Crippen molar-refractivity contribution in [3.05, 3.63) is 30.5 Å². The topological polar surface area (TPSA) is 12.9 Å². The fourth-order valence-corrected chi connectivity index (χ4v) is 0.218. The summed E-state index contributed by atoms with van der Waals surface area (Å²) in [7, 11) is 0. The van der Waals surface area contributed by atoms with Gasteiger partial charge in [0.1, 0.15) is 0 Å². The highest BCUT2D eigenvalue weighted by Gasteiger charge is 1.58. The molecule has 0 aromatic carbocycles. The number of hydrogen-bond acceptors (Lipinski definition) is 1. The van der Waals surface area contributed by atoms with Crippen LogP contribution in [-0.2, 0) is 0 Å². The first-order chi connectivity index (χ1) is 4.20. The summed E-state index contributed by atoms with van der Waals surface area (Å²) in [6.45, 7) is 0. The van der Waals surface area contributed by atoms with Crippen molar-refractivity contribution in [3.63, 3.8) is 0 Å². The zero-order valence-electron chi connectivity index (χ0n) is 6.10. The van der Waals surface area contributed by atoms with Gasteiger partial charge in [0, 0.05) is 12.4 Å². The first-order valence-electron chi connectivity index (χ1n) is 3.10. The molecule has 0 spiro atoms. The molecule has 1 aromatic rings. The molecule has 0 amide bonds. The zero-order chi connectivity index (χ0) is 6.85. The Morgan fingerprint density at radius 2 is 2.50 bits per heavy atom. The fourth-order valence-electron chi connectivity index (χ4n) is 0.218. The van der Waals surface area contributed by atoms with Crippen molar-refractivity contribution in [1.82, 2.24) is 4.98 Å². The minimum absolute atomic E-state index is 0.0380. The molecule has 6 heavy (non-hydrogen) atoms. The summed E-state index contributed by atoms with van der Waals surface area (Å²) in [6.07, 6.45) is 1.24. The predicted octanol–water partition coefficient (Wildman–Crippen LogP) is 1.08. The summed E-state index contributed by atoms with van der Waals surface area (Å²) >= 11 is 0. The number of hydrogen-bond donors (Lipinski definition) is 0. The van der Waals surface area contributed by atoms with Crippen LogP contribution < -0.4 is 0 Å². The van der Waals surface area contributed by atoms with Crippen LogP contribution in [0, 0.1) is 0 Å². The Morgan fingerprint density at radius 1 is 1.50 bits per heavy atom. The van der Waals surface area contributed by atoms with Gasteiger partial charge in [0.25, 0.3) is 0 Å². The summed E-state index contributed by atoms with van der Waals surface area (Å²) < 4.78 is 20.9. The first-order valence-corrected chi connectivity index (χ1v) is 1.60. The predicted molar refractivity (Wildman–Crippen MR) is 24.2 cm³/mol. The molecule has 1 rings (SSSR count). The minimum atomic E-state index is 0.0380.